The minimum Gasteiger partial charge on any atom is -0.398 e. The minimum absolute atomic E-state index is 0.171. The number of nitrogens with two attached hydrogens (primary N) is 1. The van der Waals surface area contributed by atoms with Crippen LogP contribution in [-0.4, -0.2) is 39.2 Å². The average Bonchev–Trinajstić information content (AvgIpc) is 2.80. The van der Waals surface area contributed by atoms with Gasteiger partial charge < -0.3 is 11.1 Å². The molecule has 3 heterocycles. The van der Waals surface area contributed by atoms with Crippen LogP contribution in [0.3, 0.4) is 0 Å². The van der Waals surface area contributed by atoms with E-state index in [2.05, 4.69) is 27.3 Å². The first-order chi connectivity index (χ1) is 10.0. The number of carbonyl (C=O) groups excluding carboxylic acids is 1. The van der Waals surface area contributed by atoms with Crippen LogP contribution in [0.4, 0.5) is 11.5 Å². The molecule has 0 spiro atoms. The molecule has 0 saturated carbocycles. The summed E-state index contributed by atoms with van der Waals surface area (Å²) in [6.07, 6.45) is 1.65. The quantitative estimate of drug-likeness (QED) is 0.857. The van der Waals surface area contributed by atoms with E-state index in [1.54, 1.807) is 12.3 Å². The van der Waals surface area contributed by atoms with Gasteiger partial charge in [-0.05, 0) is 13.1 Å². The van der Waals surface area contributed by atoms with Crippen LogP contribution in [0.25, 0.3) is 11.3 Å². The highest BCUT2D eigenvalue weighted by atomic mass is 16.1. The van der Waals surface area contributed by atoms with Gasteiger partial charge in [0, 0.05) is 43.5 Å². The predicted octanol–water partition coefficient (Wildman–Crippen LogP) is 0.931. The molecule has 21 heavy (non-hydrogen) atoms. The molecule has 110 valence electrons. The van der Waals surface area contributed by atoms with E-state index in [0.29, 0.717) is 11.5 Å². The van der Waals surface area contributed by atoms with Gasteiger partial charge in [0.15, 0.2) is 0 Å². The van der Waals surface area contributed by atoms with Crippen LogP contribution in [0.1, 0.15) is 12.6 Å². The molecule has 1 aliphatic rings. The summed E-state index contributed by atoms with van der Waals surface area (Å²) < 4.78 is 2.01. The first-order valence-electron chi connectivity index (χ1n) is 6.81. The molecule has 1 aliphatic heterocycles. The van der Waals surface area contributed by atoms with E-state index in [9.17, 15) is 4.79 Å². The molecular formula is C14H18N6O. The third-order valence-electron chi connectivity index (χ3n) is 3.50. The molecule has 0 fully saturated rings. The number of likely N-dealkylation sites (N-methyl/N-ethyl adjacent to an activating group) is 1. The lowest BCUT2D eigenvalue weighted by molar-refractivity contribution is -0.114. The molecule has 0 bridgehead atoms. The Balaban J connectivity index is 1.92. The van der Waals surface area contributed by atoms with Crippen LogP contribution < -0.4 is 11.1 Å². The maximum Gasteiger partial charge on any atom is 0.222 e. The zero-order chi connectivity index (χ0) is 15.0. The lowest BCUT2D eigenvalue weighted by atomic mass is 10.1. The molecule has 7 nitrogen and oxygen atoms in total. The Bertz CT molecular complexity index is 693. The summed E-state index contributed by atoms with van der Waals surface area (Å²) >= 11 is 0. The zero-order valence-electron chi connectivity index (χ0n) is 12.1. The fourth-order valence-electron chi connectivity index (χ4n) is 2.46. The number of rotatable bonds is 2. The number of aromatic nitrogens is 3. The van der Waals surface area contributed by atoms with Gasteiger partial charge in [-0.25, -0.2) is 4.98 Å². The van der Waals surface area contributed by atoms with Crippen molar-refractivity contribution in [1.29, 1.82) is 0 Å². The van der Waals surface area contributed by atoms with Crippen molar-refractivity contribution in [1.82, 2.24) is 19.7 Å². The molecule has 2 aromatic heterocycles. The van der Waals surface area contributed by atoms with Crippen LogP contribution in [0.15, 0.2) is 18.3 Å². The summed E-state index contributed by atoms with van der Waals surface area (Å²) in [4.78, 5) is 17.5. The van der Waals surface area contributed by atoms with E-state index in [4.69, 9.17) is 5.73 Å². The maximum atomic E-state index is 11.0. The van der Waals surface area contributed by atoms with E-state index in [-0.39, 0.29) is 5.91 Å². The molecule has 7 heteroatoms. The summed E-state index contributed by atoms with van der Waals surface area (Å²) in [5.41, 5.74) is 9.39. The highest BCUT2D eigenvalue weighted by molar-refractivity contribution is 5.89. The molecule has 0 saturated heterocycles. The van der Waals surface area contributed by atoms with Crippen molar-refractivity contribution in [3.63, 3.8) is 0 Å². The molecule has 3 N–H and O–H groups in total. The lowest BCUT2D eigenvalue weighted by Crippen LogP contribution is -2.30. The van der Waals surface area contributed by atoms with Crippen molar-refractivity contribution < 1.29 is 4.79 Å². The van der Waals surface area contributed by atoms with Crippen LogP contribution in [0.5, 0.6) is 0 Å². The first kappa shape index (κ1) is 13.6. The number of nitrogen functional groups attached to an aromatic ring is 1. The zero-order valence-corrected chi connectivity index (χ0v) is 12.1. The number of anilines is 2. The van der Waals surface area contributed by atoms with Gasteiger partial charge in [-0.2, -0.15) is 5.10 Å². The fourth-order valence-corrected chi connectivity index (χ4v) is 2.46. The Morgan fingerprint density at radius 1 is 1.38 bits per heavy atom. The smallest absolute Gasteiger partial charge is 0.222 e. The van der Waals surface area contributed by atoms with Gasteiger partial charge in [-0.1, -0.05) is 0 Å². The third-order valence-corrected chi connectivity index (χ3v) is 3.50. The Morgan fingerprint density at radius 3 is 2.90 bits per heavy atom. The van der Waals surface area contributed by atoms with Crippen molar-refractivity contribution in [3.8, 4) is 11.3 Å². The summed E-state index contributed by atoms with van der Waals surface area (Å²) in [6.45, 7) is 4.18. The van der Waals surface area contributed by atoms with E-state index in [1.165, 1.54) is 12.6 Å². The van der Waals surface area contributed by atoms with Crippen molar-refractivity contribution in [2.75, 3.05) is 24.6 Å². The van der Waals surface area contributed by atoms with Gasteiger partial charge in [-0.15, -0.1) is 0 Å². The molecule has 0 aliphatic carbocycles. The van der Waals surface area contributed by atoms with E-state index < -0.39 is 0 Å². The monoisotopic (exact) mass is 286 g/mol. The second kappa shape index (κ2) is 5.17. The van der Waals surface area contributed by atoms with E-state index in [1.807, 2.05) is 10.7 Å². The Morgan fingerprint density at radius 2 is 2.19 bits per heavy atom. The van der Waals surface area contributed by atoms with Gasteiger partial charge >= 0.3 is 0 Å². The number of fused-ring (bicyclic) bond motifs is 1. The van der Waals surface area contributed by atoms with Crippen molar-refractivity contribution >= 4 is 17.4 Å². The Labute approximate surface area is 122 Å². The second-order valence-corrected chi connectivity index (χ2v) is 5.32. The first-order valence-corrected chi connectivity index (χ1v) is 6.81. The van der Waals surface area contributed by atoms with Gasteiger partial charge in [0.25, 0.3) is 0 Å². The molecule has 1 amide bonds. The number of hydrogen-bond acceptors (Lipinski definition) is 5. The van der Waals surface area contributed by atoms with E-state index >= 15 is 0 Å². The van der Waals surface area contributed by atoms with Gasteiger partial charge in [0.05, 0.1) is 17.9 Å². The summed E-state index contributed by atoms with van der Waals surface area (Å²) in [5, 5.41) is 7.21. The third kappa shape index (κ3) is 2.73. The van der Waals surface area contributed by atoms with Crippen LogP contribution in [0.2, 0.25) is 0 Å². The molecule has 0 unspecified atom stereocenters. The van der Waals surface area contributed by atoms with Crippen LogP contribution in [0, 0.1) is 0 Å². The van der Waals surface area contributed by atoms with Gasteiger partial charge in [0.2, 0.25) is 5.91 Å². The highest BCUT2D eigenvalue weighted by Gasteiger charge is 2.17. The van der Waals surface area contributed by atoms with Crippen LogP contribution in [-0.2, 0) is 17.9 Å². The maximum absolute atomic E-state index is 11.0. The van der Waals surface area contributed by atoms with Gasteiger partial charge in [0.1, 0.15) is 5.82 Å². The Kier molecular flexibility index (Phi) is 3.34. The molecule has 0 atom stereocenters. The SMILES string of the molecule is CC(=O)Nc1cc(N)c(-c2cc3n(n2)CCN(C)C3)cn1. The number of carbonyl (C=O) groups is 1. The van der Waals surface area contributed by atoms with Crippen molar-refractivity contribution in [2.45, 2.75) is 20.0 Å². The normalized spacial score (nSPS) is 14.8. The highest BCUT2D eigenvalue weighted by Crippen LogP contribution is 2.27. The van der Waals surface area contributed by atoms with Crippen molar-refractivity contribution in [2.24, 2.45) is 0 Å². The standard InChI is InChI=1S/C14H18N6O/c1-9(21)17-14-6-12(15)11(7-16-14)13-5-10-8-19(2)3-4-20(10)18-13/h5-7H,3-4,8H2,1-2H3,(H3,15,16,17,21). The Hall–Kier alpha value is -2.41. The van der Waals surface area contributed by atoms with Gasteiger partial charge in [-0.3, -0.25) is 14.4 Å². The number of amides is 1. The van der Waals surface area contributed by atoms with E-state index in [0.717, 1.165) is 30.9 Å². The second-order valence-electron chi connectivity index (χ2n) is 5.32. The minimum atomic E-state index is -0.171. The molecule has 2 aromatic rings. The molecule has 3 rings (SSSR count). The number of nitrogens with zero attached hydrogens (tertiary/aromatic N) is 4. The predicted molar refractivity (Wildman–Crippen MR) is 80.5 cm³/mol. The summed E-state index contributed by atoms with van der Waals surface area (Å²) in [5.74, 6) is 0.280. The summed E-state index contributed by atoms with van der Waals surface area (Å²) in [6, 6.07) is 3.70. The molecule has 0 radical (unpaired) electrons. The summed E-state index contributed by atoms with van der Waals surface area (Å²) in [7, 11) is 2.09. The topological polar surface area (TPSA) is 89.1 Å². The number of pyridine rings is 1. The average molecular weight is 286 g/mol. The number of nitrogens with one attached hydrogen (secondary N) is 1. The fraction of sp³-hybridized carbons (Fsp3) is 0.357. The molecular weight excluding hydrogens is 268 g/mol. The lowest BCUT2D eigenvalue weighted by Gasteiger charge is -2.22. The van der Waals surface area contributed by atoms with Crippen LogP contribution >= 0.6 is 0 Å². The van der Waals surface area contributed by atoms with Crippen molar-refractivity contribution in [3.05, 3.63) is 24.0 Å². The number of hydrogen-bond donors (Lipinski definition) is 2. The largest absolute Gasteiger partial charge is 0.398 e. The molecule has 0 aromatic carbocycles.